The Kier molecular flexibility index (Phi) is 4.86. The van der Waals surface area contributed by atoms with E-state index in [1.807, 2.05) is 0 Å². The van der Waals surface area contributed by atoms with Gasteiger partial charge in [0.05, 0.1) is 21.6 Å². The van der Waals surface area contributed by atoms with Crippen LogP contribution in [0.4, 0.5) is 8.78 Å². The molecule has 0 saturated heterocycles. The van der Waals surface area contributed by atoms with E-state index in [0.29, 0.717) is 0 Å². The van der Waals surface area contributed by atoms with Gasteiger partial charge >= 0.3 is 0 Å². The van der Waals surface area contributed by atoms with Gasteiger partial charge in [-0.05, 0) is 24.3 Å². The summed E-state index contributed by atoms with van der Waals surface area (Å²) < 4.78 is 52.7. The molecular weight excluding hydrogens is 341 g/mol. The van der Waals surface area contributed by atoms with Crippen molar-refractivity contribution in [2.24, 2.45) is 0 Å². The first kappa shape index (κ1) is 16.2. The number of benzene rings is 2. The summed E-state index contributed by atoms with van der Waals surface area (Å²) in [6.45, 7) is 0. The molecule has 0 fully saturated rings. The highest BCUT2D eigenvalue weighted by atomic mass is 35.5. The van der Waals surface area contributed by atoms with Gasteiger partial charge in [0.1, 0.15) is 11.6 Å². The second kappa shape index (κ2) is 6.30. The van der Waals surface area contributed by atoms with Crippen LogP contribution in [0.3, 0.4) is 0 Å². The minimum atomic E-state index is -4.12. The number of halogens is 4. The molecule has 0 atom stereocenters. The monoisotopic (exact) mass is 350 g/mol. The molecule has 0 spiro atoms. The number of sulfone groups is 1. The molecule has 0 aliphatic carbocycles. The Morgan fingerprint density at radius 2 is 1.19 bits per heavy atom. The maximum absolute atomic E-state index is 13.7. The van der Waals surface area contributed by atoms with Crippen molar-refractivity contribution < 1.29 is 17.2 Å². The van der Waals surface area contributed by atoms with Crippen molar-refractivity contribution in [3.63, 3.8) is 0 Å². The first-order chi connectivity index (χ1) is 9.93. The van der Waals surface area contributed by atoms with Crippen molar-refractivity contribution in [1.29, 1.82) is 0 Å². The zero-order chi connectivity index (χ0) is 15.6. The smallest absolute Gasteiger partial charge is 0.207 e. The summed E-state index contributed by atoms with van der Waals surface area (Å²) in [5.41, 5.74) is -0.298. The fraction of sp³-hybridized carbons (Fsp3) is 0.143. The van der Waals surface area contributed by atoms with Gasteiger partial charge in [-0.1, -0.05) is 12.1 Å². The highest BCUT2D eigenvalue weighted by Gasteiger charge is 2.26. The topological polar surface area (TPSA) is 34.1 Å². The molecule has 0 aromatic heterocycles. The van der Waals surface area contributed by atoms with Crippen molar-refractivity contribution in [2.45, 2.75) is 21.6 Å². The van der Waals surface area contributed by atoms with Gasteiger partial charge in [-0.2, -0.15) is 0 Å². The second-order valence-corrected chi connectivity index (χ2v) is 6.62. The van der Waals surface area contributed by atoms with Crippen LogP contribution in [0, 0.1) is 11.6 Å². The highest BCUT2D eigenvalue weighted by molar-refractivity contribution is 7.91. The molecule has 112 valence electrons. The Morgan fingerprint density at radius 1 is 0.810 bits per heavy atom. The molecule has 0 heterocycles. The molecule has 2 rings (SSSR count). The van der Waals surface area contributed by atoms with Crippen molar-refractivity contribution >= 4 is 33.0 Å². The number of rotatable bonds is 4. The lowest BCUT2D eigenvalue weighted by Crippen LogP contribution is -2.10. The summed E-state index contributed by atoms with van der Waals surface area (Å²) in [5.74, 6) is -2.08. The fourth-order valence-corrected chi connectivity index (χ4v) is 4.40. The lowest BCUT2D eigenvalue weighted by Gasteiger charge is -2.12. The number of hydrogen-bond acceptors (Lipinski definition) is 2. The molecule has 7 heteroatoms. The maximum Gasteiger partial charge on any atom is 0.207 e. The molecule has 0 aliphatic heterocycles. The first-order valence-electron chi connectivity index (χ1n) is 5.85. The van der Waals surface area contributed by atoms with Crippen LogP contribution in [0.2, 0.25) is 0 Å². The van der Waals surface area contributed by atoms with E-state index >= 15 is 0 Å². The number of alkyl halides is 2. The van der Waals surface area contributed by atoms with E-state index in [0.717, 1.165) is 12.1 Å². The van der Waals surface area contributed by atoms with Crippen molar-refractivity contribution in [3.05, 3.63) is 59.2 Å². The van der Waals surface area contributed by atoms with E-state index in [4.69, 9.17) is 23.2 Å². The van der Waals surface area contributed by atoms with Gasteiger partial charge < -0.3 is 0 Å². The summed E-state index contributed by atoms with van der Waals surface area (Å²) in [7, 11) is -4.12. The summed E-state index contributed by atoms with van der Waals surface area (Å²) >= 11 is 11.3. The molecular formula is C14H10Cl2F2O2S. The van der Waals surface area contributed by atoms with Gasteiger partial charge in [-0.3, -0.25) is 0 Å². The van der Waals surface area contributed by atoms with Gasteiger partial charge in [0.2, 0.25) is 9.84 Å². The summed E-state index contributed by atoms with van der Waals surface area (Å²) in [6, 6.07) is 7.23. The van der Waals surface area contributed by atoms with E-state index in [-0.39, 0.29) is 32.7 Å². The third kappa shape index (κ3) is 2.91. The van der Waals surface area contributed by atoms with Crippen LogP contribution in [0.25, 0.3) is 0 Å². The molecule has 0 radical (unpaired) electrons. The van der Waals surface area contributed by atoms with Gasteiger partial charge in [-0.15, -0.1) is 23.2 Å². The van der Waals surface area contributed by atoms with E-state index in [1.54, 1.807) is 0 Å². The molecule has 0 saturated carbocycles. The molecule has 0 amide bonds. The summed E-state index contributed by atoms with van der Waals surface area (Å²) in [5, 5.41) is 0. The highest BCUT2D eigenvalue weighted by Crippen LogP contribution is 2.30. The largest absolute Gasteiger partial charge is 0.218 e. The molecule has 0 N–H and O–H groups in total. The number of hydrogen-bond donors (Lipinski definition) is 0. The predicted molar refractivity (Wildman–Crippen MR) is 77.4 cm³/mol. The maximum atomic E-state index is 13.7. The Labute approximate surface area is 131 Å². The quantitative estimate of drug-likeness (QED) is 0.771. The molecule has 21 heavy (non-hydrogen) atoms. The zero-order valence-electron chi connectivity index (χ0n) is 10.6. The lowest BCUT2D eigenvalue weighted by molar-refractivity contribution is 0.579. The van der Waals surface area contributed by atoms with Gasteiger partial charge in [-0.25, -0.2) is 17.2 Å². The van der Waals surface area contributed by atoms with Gasteiger partial charge in [0, 0.05) is 11.1 Å². The van der Waals surface area contributed by atoms with Gasteiger partial charge in [0.25, 0.3) is 0 Å². The second-order valence-electron chi connectivity index (χ2n) is 4.20. The Hall–Kier alpha value is -1.17. The predicted octanol–water partition coefficient (Wildman–Crippen LogP) is 4.28. The molecule has 0 aliphatic rings. The third-order valence-electron chi connectivity index (χ3n) is 3.00. The molecule has 0 bridgehead atoms. The van der Waals surface area contributed by atoms with Crippen LogP contribution in [0.1, 0.15) is 11.1 Å². The van der Waals surface area contributed by atoms with E-state index < -0.39 is 21.5 Å². The SMILES string of the molecule is O=S(=O)(c1cccc(F)c1CCl)c1cccc(F)c1CCl. The molecule has 2 aromatic rings. The average molecular weight is 351 g/mol. The standard InChI is InChI=1S/C14H10Cl2F2O2S/c15-7-9-11(17)3-1-5-13(9)21(19,20)14-6-2-4-12(18)10(14)8-16/h1-6H,7-8H2. The van der Waals surface area contributed by atoms with Crippen molar-refractivity contribution in [3.8, 4) is 0 Å². The van der Waals surface area contributed by atoms with Crippen LogP contribution in [-0.2, 0) is 21.6 Å². The summed E-state index contributed by atoms with van der Waals surface area (Å²) in [6.07, 6.45) is 0. The molecule has 0 unspecified atom stereocenters. The van der Waals surface area contributed by atoms with Crippen LogP contribution in [0.15, 0.2) is 46.2 Å². The Balaban J connectivity index is 2.75. The van der Waals surface area contributed by atoms with E-state index in [2.05, 4.69) is 0 Å². The first-order valence-corrected chi connectivity index (χ1v) is 8.40. The van der Waals surface area contributed by atoms with Crippen LogP contribution >= 0.6 is 23.2 Å². The molecule has 2 aromatic carbocycles. The van der Waals surface area contributed by atoms with Crippen LogP contribution < -0.4 is 0 Å². The average Bonchev–Trinajstić information content (AvgIpc) is 2.46. The third-order valence-corrected chi connectivity index (χ3v) is 5.46. The van der Waals surface area contributed by atoms with Crippen LogP contribution in [-0.4, -0.2) is 8.42 Å². The minimum absolute atomic E-state index is 0.149. The fourth-order valence-electron chi connectivity index (χ4n) is 1.96. The van der Waals surface area contributed by atoms with Crippen LogP contribution in [0.5, 0.6) is 0 Å². The van der Waals surface area contributed by atoms with E-state index in [1.165, 1.54) is 24.3 Å². The van der Waals surface area contributed by atoms with Crippen molar-refractivity contribution in [1.82, 2.24) is 0 Å². The minimum Gasteiger partial charge on any atom is -0.218 e. The normalized spacial score (nSPS) is 11.6. The Bertz CT molecular complexity index is 717. The van der Waals surface area contributed by atoms with E-state index in [9.17, 15) is 17.2 Å². The molecule has 2 nitrogen and oxygen atoms in total. The Morgan fingerprint density at radius 3 is 1.52 bits per heavy atom. The van der Waals surface area contributed by atoms with Gasteiger partial charge in [0.15, 0.2) is 0 Å². The zero-order valence-corrected chi connectivity index (χ0v) is 12.9. The lowest BCUT2D eigenvalue weighted by atomic mass is 10.2. The van der Waals surface area contributed by atoms with Crippen molar-refractivity contribution in [2.75, 3.05) is 0 Å². The summed E-state index contributed by atoms with van der Waals surface area (Å²) in [4.78, 5) is -0.566.